The third-order valence-corrected chi connectivity index (χ3v) is 3.80. The normalized spacial score (nSPS) is 15.5. The average molecular weight is 327 g/mol. The summed E-state index contributed by atoms with van der Waals surface area (Å²) in [6, 6.07) is 5.14. The van der Waals surface area contributed by atoms with E-state index in [4.69, 9.17) is 14.1 Å². The van der Waals surface area contributed by atoms with E-state index >= 15 is 0 Å². The molecular formula is C16H15N4O4+. The van der Waals surface area contributed by atoms with Crippen LogP contribution in [0.25, 0.3) is 16.7 Å². The largest absolute Gasteiger partial charge is 0.495 e. The molecule has 8 nitrogen and oxygen atoms in total. The highest BCUT2D eigenvalue weighted by atomic mass is 16.6. The number of aromatic nitrogens is 4. The van der Waals surface area contributed by atoms with E-state index in [2.05, 4.69) is 10.3 Å². The van der Waals surface area contributed by atoms with E-state index in [1.54, 1.807) is 31.5 Å². The van der Waals surface area contributed by atoms with Gasteiger partial charge in [0.2, 0.25) is 0 Å². The molecule has 0 atom stereocenters. The maximum absolute atomic E-state index is 12.3. The molecule has 24 heavy (non-hydrogen) atoms. The molecule has 0 saturated carbocycles. The van der Waals surface area contributed by atoms with E-state index in [1.165, 1.54) is 10.9 Å². The van der Waals surface area contributed by atoms with Crippen molar-refractivity contribution in [3.63, 3.8) is 0 Å². The third kappa shape index (κ3) is 2.23. The predicted molar refractivity (Wildman–Crippen MR) is 84.2 cm³/mol. The van der Waals surface area contributed by atoms with Crippen LogP contribution >= 0.6 is 0 Å². The van der Waals surface area contributed by atoms with E-state index < -0.39 is 5.60 Å². The van der Waals surface area contributed by atoms with E-state index in [1.807, 2.05) is 19.9 Å². The Morgan fingerprint density at radius 2 is 2.00 bits per heavy atom. The SMILES string of the molecule is COc1cc[n+](=O)n(C2=CC(C)(C)Oc3cc4nonc4cc32)c1. The summed E-state index contributed by atoms with van der Waals surface area (Å²) in [4.78, 5) is 12.3. The fourth-order valence-electron chi connectivity index (χ4n) is 2.73. The average Bonchev–Trinajstić information content (AvgIpc) is 2.99. The second-order valence-electron chi connectivity index (χ2n) is 6.03. The number of rotatable bonds is 2. The van der Waals surface area contributed by atoms with Gasteiger partial charge in [0.25, 0.3) is 6.20 Å². The van der Waals surface area contributed by atoms with Gasteiger partial charge in [-0.05, 0) is 36.3 Å². The van der Waals surface area contributed by atoms with Gasteiger partial charge in [-0.25, -0.2) is 4.63 Å². The molecule has 4 rings (SSSR count). The highest BCUT2D eigenvalue weighted by molar-refractivity contribution is 5.84. The number of hydrogen-bond acceptors (Lipinski definition) is 6. The molecule has 1 aliphatic rings. The number of hydrogen-bond donors (Lipinski definition) is 0. The van der Waals surface area contributed by atoms with Gasteiger partial charge >= 0.3 is 0 Å². The maximum atomic E-state index is 12.3. The van der Waals surface area contributed by atoms with Gasteiger partial charge in [-0.1, -0.05) is 4.68 Å². The lowest BCUT2D eigenvalue weighted by Gasteiger charge is -2.29. The summed E-state index contributed by atoms with van der Waals surface area (Å²) in [5.74, 6) is 1.18. The van der Waals surface area contributed by atoms with Gasteiger partial charge < -0.3 is 9.47 Å². The van der Waals surface area contributed by atoms with Crippen molar-refractivity contribution in [2.24, 2.45) is 0 Å². The Labute approximate surface area is 136 Å². The van der Waals surface area contributed by atoms with Crippen LogP contribution in [0.3, 0.4) is 0 Å². The molecule has 0 N–H and O–H groups in total. The van der Waals surface area contributed by atoms with Gasteiger partial charge in [0, 0.05) is 11.6 Å². The van der Waals surface area contributed by atoms with Crippen LogP contribution in [0, 0.1) is 4.91 Å². The molecule has 0 amide bonds. The van der Waals surface area contributed by atoms with Crippen LogP contribution in [0.5, 0.6) is 11.5 Å². The van der Waals surface area contributed by atoms with Crippen molar-refractivity contribution in [3.8, 4) is 11.5 Å². The lowest BCUT2D eigenvalue weighted by atomic mass is 9.98. The standard InChI is InChI=1S/C16H15N4O4/c1-16(2)8-14(19-9-10(22-3)4-5-20(19)21)11-6-12-13(18-24-17-12)7-15(11)23-16/h4-9H,1-3H3/q+1. The van der Waals surface area contributed by atoms with Gasteiger partial charge in [0.1, 0.15) is 40.0 Å². The molecule has 1 aromatic carbocycles. The van der Waals surface area contributed by atoms with Gasteiger partial charge in [-0.15, -0.1) is 0 Å². The molecule has 0 bridgehead atoms. The van der Waals surface area contributed by atoms with Crippen LogP contribution in [-0.4, -0.2) is 27.7 Å². The summed E-state index contributed by atoms with van der Waals surface area (Å²) in [5.41, 5.74) is 1.97. The molecule has 0 spiro atoms. The Morgan fingerprint density at radius 3 is 2.75 bits per heavy atom. The van der Waals surface area contributed by atoms with Crippen LogP contribution in [0.4, 0.5) is 0 Å². The zero-order valence-electron chi connectivity index (χ0n) is 13.4. The number of methoxy groups -OCH3 is 1. The van der Waals surface area contributed by atoms with E-state index in [0.717, 1.165) is 10.1 Å². The Hall–Kier alpha value is -3.16. The maximum Gasteiger partial charge on any atom is 0.261 e. The zero-order chi connectivity index (χ0) is 16.9. The van der Waals surface area contributed by atoms with Gasteiger partial charge in [0.15, 0.2) is 4.54 Å². The minimum atomic E-state index is -0.601. The van der Waals surface area contributed by atoms with Crippen LogP contribution in [0.1, 0.15) is 19.4 Å². The molecule has 0 aliphatic carbocycles. The number of benzene rings is 1. The van der Waals surface area contributed by atoms with Crippen LogP contribution in [0.2, 0.25) is 0 Å². The monoisotopic (exact) mass is 327 g/mol. The van der Waals surface area contributed by atoms with Crippen molar-refractivity contribution in [1.29, 1.82) is 0 Å². The molecule has 122 valence electrons. The Balaban J connectivity index is 2.00. The summed E-state index contributed by atoms with van der Waals surface area (Å²) in [7, 11) is 1.55. The van der Waals surface area contributed by atoms with Crippen molar-refractivity contribution in [3.05, 3.63) is 47.1 Å². The number of fused-ring (bicyclic) bond motifs is 2. The number of nitrogens with zero attached hydrogens (tertiary/aromatic N) is 4. The third-order valence-electron chi connectivity index (χ3n) is 3.80. The molecule has 3 heterocycles. The number of ether oxygens (including phenoxy) is 2. The highest BCUT2D eigenvalue weighted by Crippen LogP contribution is 2.38. The predicted octanol–water partition coefficient (Wildman–Crippen LogP) is 2.01. The fraction of sp³-hybridized carbons (Fsp3) is 0.250. The molecule has 0 fully saturated rings. The minimum absolute atomic E-state index is 0.568. The first-order valence-corrected chi connectivity index (χ1v) is 7.35. The van der Waals surface area contributed by atoms with Crippen molar-refractivity contribution in [1.82, 2.24) is 15.0 Å². The molecule has 0 radical (unpaired) electrons. The summed E-state index contributed by atoms with van der Waals surface area (Å²) in [5, 5.41) is 7.70. The topological polar surface area (TPSA) is 85.3 Å². The summed E-state index contributed by atoms with van der Waals surface area (Å²) >= 11 is 0. The Morgan fingerprint density at radius 1 is 1.25 bits per heavy atom. The molecule has 0 saturated heterocycles. The lowest BCUT2D eigenvalue weighted by Crippen LogP contribution is -2.35. The lowest BCUT2D eigenvalue weighted by molar-refractivity contribution is -0.584. The van der Waals surface area contributed by atoms with E-state index in [9.17, 15) is 4.91 Å². The van der Waals surface area contributed by atoms with Gasteiger partial charge in [0.05, 0.1) is 18.1 Å². The first-order chi connectivity index (χ1) is 11.5. The summed E-state index contributed by atoms with van der Waals surface area (Å²) in [6.45, 7) is 3.83. The Kier molecular flexibility index (Phi) is 2.96. The molecular weight excluding hydrogens is 312 g/mol. The highest BCUT2D eigenvalue weighted by Gasteiger charge is 2.31. The molecule has 2 aromatic heterocycles. The van der Waals surface area contributed by atoms with Crippen molar-refractivity contribution in [2.75, 3.05) is 7.11 Å². The molecule has 3 aromatic rings. The Bertz CT molecular complexity index is 1030. The second-order valence-corrected chi connectivity index (χ2v) is 6.03. The molecule has 1 aliphatic heterocycles. The molecule has 0 unspecified atom stereocenters. The van der Waals surface area contributed by atoms with Crippen molar-refractivity contribution < 1.29 is 18.6 Å². The summed E-state index contributed by atoms with van der Waals surface area (Å²) in [6.07, 6.45) is 4.88. The van der Waals surface area contributed by atoms with Crippen LogP contribution < -0.4 is 14.0 Å². The van der Waals surface area contributed by atoms with Gasteiger partial charge in [-0.2, -0.15) is 0 Å². The van der Waals surface area contributed by atoms with Gasteiger partial charge in [-0.3, -0.25) is 0 Å². The smallest absolute Gasteiger partial charge is 0.261 e. The van der Waals surface area contributed by atoms with E-state index in [0.29, 0.717) is 28.2 Å². The summed E-state index contributed by atoms with van der Waals surface area (Å²) < 4.78 is 18.2. The minimum Gasteiger partial charge on any atom is -0.495 e. The zero-order valence-corrected chi connectivity index (χ0v) is 13.4. The van der Waals surface area contributed by atoms with Crippen molar-refractivity contribution >= 4 is 16.7 Å². The van der Waals surface area contributed by atoms with Crippen LogP contribution in [0.15, 0.2) is 41.3 Å². The van der Waals surface area contributed by atoms with Crippen molar-refractivity contribution in [2.45, 2.75) is 19.4 Å². The molecule has 8 heteroatoms. The van der Waals surface area contributed by atoms with E-state index in [-0.39, 0.29) is 0 Å². The second kappa shape index (κ2) is 4.92. The first kappa shape index (κ1) is 14.4. The van der Waals surface area contributed by atoms with Crippen LogP contribution in [-0.2, 0) is 0 Å². The first-order valence-electron chi connectivity index (χ1n) is 7.35. The fourth-order valence-corrected chi connectivity index (χ4v) is 2.73. The quantitative estimate of drug-likeness (QED) is 0.669.